The zero-order chi connectivity index (χ0) is 6.57. The molecule has 0 aliphatic carbocycles. The highest BCUT2D eigenvalue weighted by Crippen LogP contribution is 2.10. The molecule has 48 valence electrons. The molecule has 0 aliphatic heterocycles. The Bertz CT molecular complexity index is 66.8. The first kappa shape index (κ1) is 7.67. The van der Waals surface area contributed by atoms with E-state index < -0.39 is 0 Å². The van der Waals surface area contributed by atoms with Gasteiger partial charge in [-0.15, -0.1) is 0 Å². The van der Waals surface area contributed by atoms with Crippen molar-refractivity contribution in [3.8, 4) is 0 Å². The standard InChI is InChI=1S/C7H14O/c1-4-7(5-8)6(2)3/h5-7H,4H2,1-3H3/t7-/m0/s1. The van der Waals surface area contributed by atoms with E-state index in [1.165, 1.54) is 0 Å². The molecule has 0 aromatic rings. The summed E-state index contributed by atoms with van der Waals surface area (Å²) in [6.45, 7) is 6.18. The summed E-state index contributed by atoms with van der Waals surface area (Å²) in [5, 5.41) is 0. The number of aldehydes is 1. The second-order valence-electron chi connectivity index (χ2n) is 2.45. The first-order valence-corrected chi connectivity index (χ1v) is 3.17. The molecule has 0 bridgehead atoms. The third-order valence-corrected chi connectivity index (χ3v) is 1.50. The maximum atomic E-state index is 10.2. The molecule has 0 heterocycles. The highest BCUT2D eigenvalue weighted by Gasteiger charge is 2.07. The van der Waals surface area contributed by atoms with E-state index in [0.29, 0.717) is 5.92 Å². The van der Waals surface area contributed by atoms with Crippen LogP contribution in [-0.2, 0) is 4.79 Å². The number of carbonyl (C=O) groups is 1. The van der Waals surface area contributed by atoms with Crippen LogP contribution in [0.25, 0.3) is 0 Å². The number of hydrogen-bond donors (Lipinski definition) is 0. The van der Waals surface area contributed by atoms with Gasteiger partial charge in [-0.05, 0) is 12.3 Å². The van der Waals surface area contributed by atoms with Gasteiger partial charge in [-0.2, -0.15) is 0 Å². The van der Waals surface area contributed by atoms with Gasteiger partial charge in [0, 0.05) is 5.92 Å². The van der Waals surface area contributed by atoms with E-state index in [0.717, 1.165) is 12.7 Å². The molecule has 0 aromatic carbocycles. The van der Waals surface area contributed by atoms with Crippen molar-refractivity contribution in [1.82, 2.24) is 0 Å². The van der Waals surface area contributed by atoms with Crippen LogP contribution in [0, 0.1) is 11.8 Å². The molecule has 0 saturated heterocycles. The maximum Gasteiger partial charge on any atom is 0.123 e. The van der Waals surface area contributed by atoms with Crippen molar-refractivity contribution in [2.75, 3.05) is 0 Å². The van der Waals surface area contributed by atoms with Crippen LogP contribution in [0.15, 0.2) is 0 Å². The molecule has 0 spiro atoms. The molecular weight excluding hydrogens is 100 g/mol. The summed E-state index contributed by atoms with van der Waals surface area (Å²) in [5.41, 5.74) is 0. The molecule has 8 heavy (non-hydrogen) atoms. The quantitative estimate of drug-likeness (QED) is 0.512. The van der Waals surface area contributed by atoms with Gasteiger partial charge in [0.25, 0.3) is 0 Å². The van der Waals surface area contributed by atoms with Crippen LogP contribution >= 0.6 is 0 Å². The van der Waals surface area contributed by atoms with Gasteiger partial charge in [0.2, 0.25) is 0 Å². The number of hydrogen-bond acceptors (Lipinski definition) is 1. The summed E-state index contributed by atoms with van der Waals surface area (Å²) in [6.07, 6.45) is 2.02. The Balaban J connectivity index is 3.51. The molecule has 0 rings (SSSR count). The minimum Gasteiger partial charge on any atom is -0.303 e. The van der Waals surface area contributed by atoms with Gasteiger partial charge in [-0.25, -0.2) is 0 Å². The van der Waals surface area contributed by atoms with Gasteiger partial charge in [-0.3, -0.25) is 0 Å². The smallest absolute Gasteiger partial charge is 0.123 e. The molecule has 0 aromatic heterocycles. The van der Waals surface area contributed by atoms with Crippen molar-refractivity contribution in [3.05, 3.63) is 0 Å². The third-order valence-electron chi connectivity index (χ3n) is 1.50. The van der Waals surface area contributed by atoms with Crippen molar-refractivity contribution in [2.45, 2.75) is 27.2 Å². The van der Waals surface area contributed by atoms with Gasteiger partial charge < -0.3 is 4.79 Å². The van der Waals surface area contributed by atoms with E-state index >= 15 is 0 Å². The van der Waals surface area contributed by atoms with E-state index in [-0.39, 0.29) is 5.92 Å². The summed E-state index contributed by atoms with van der Waals surface area (Å²) in [5.74, 6) is 0.785. The Morgan fingerprint density at radius 3 is 2.00 bits per heavy atom. The van der Waals surface area contributed by atoms with Crippen molar-refractivity contribution in [3.63, 3.8) is 0 Å². The van der Waals surface area contributed by atoms with Crippen molar-refractivity contribution >= 4 is 6.29 Å². The molecule has 0 amide bonds. The topological polar surface area (TPSA) is 17.1 Å². The first-order chi connectivity index (χ1) is 3.72. The highest BCUT2D eigenvalue weighted by molar-refractivity contribution is 5.53. The van der Waals surface area contributed by atoms with E-state index in [1.807, 2.05) is 6.92 Å². The Hall–Kier alpha value is -0.330. The van der Waals surface area contributed by atoms with Crippen molar-refractivity contribution < 1.29 is 4.79 Å². The molecule has 1 atom stereocenters. The van der Waals surface area contributed by atoms with Crippen LogP contribution in [0.3, 0.4) is 0 Å². The van der Waals surface area contributed by atoms with E-state index in [4.69, 9.17) is 0 Å². The van der Waals surface area contributed by atoms with Gasteiger partial charge in [0.05, 0.1) is 0 Å². The molecule has 0 aliphatic rings. The zero-order valence-electron chi connectivity index (χ0n) is 5.85. The minimum absolute atomic E-state index is 0.273. The average molecular weight is 114 g/mol. The van der Waals surface area contributed by atoms with Crippen LogP contribution in [0.2, 0.25) is 0 Å². The molecular formula is C7H14O. The second kappa shape index (κ2) is 3.65. The Labute approximate surface area is 51.1 Å². The van der Waals surface area contributed by atoms with Crippen LogP contribution in [0.5, 0.6) is 0 Å². The lowest BCUT2D eigenvalue weighted by atomic mass is 9.95. The van der Waals surface area contributed by atoms with E-state index in [1.54, 1.807) is 0 Å². The zero-order valence-corrected chi connectivity index (χ0v) is 5.85. The lowest BCUT2D eigenvalue weighted by molar-refractivity contribution is -0.112. The van der Waals surface area contributed by atoms with Crippen LogP contribution < -0.4 is 0 Å². The van der Waals surface area contributed by atoms with Crippen LogP contribution in [-0.4, -0.2) is 6.29 Å². The third kappa shape index (κ3) is 2.10. The fourth-order valence-corrected chi connectivity index (χ4v) is 0.725. The molecule has 1 nitrogen and oxygen atoms in total. The lowest BCUT2D eigenvalue weighted by Gasteiger charge is -2.09. The van der Waals surface area contributed by atoms with Gasteiger partial charge in [0.15, 0.2) is 0 Å². The summed E-state index contributed by atoms with van der Waals surface area (Å²) in [7, 11) is 0. The SMILES string of the molecule is CC[C@@H](C=O)C(C)C. The largest absolute Gasteiger partial charge is 0.303 e. The maximum absolute atomic E-state index is 10.2. The monoisotopic (exact) mass is 114 g/mol. The number of carbonyl (C=O) groups excluding carboxylic acids is 1. The predicted molar refractivity (Wildman–Crippen MR) is 34.7 cm³/mol. The van der Waals surface area contributed by atoms with Gasteiger partial charge in [-0.1, -0.05) is 20.8 Å². The summed E-state index contributed by atoms with van der Waals surface area (Å²) in [6, 6.07) is 0. The van der Waals surface area contributed by atoms with Crippen molar-refractivity contribution in [1.29, 1.82) is 0 Å². The fraction of sp³-hybridized carbons (Fsp3) is 0.857. The average Bonchev–Trinajstić information content (AvgIpc) is 1.69. The summed E-state index contributed by atoms with van der Waals surface area (Å²) in [4.78, 5) is 10.2. The molecule has 1 heteroatoms. The Kier molecular flexibility index (Phi) is 3.49. The Morgan fingerprint density at radius 1 is 1.50 bits per heavy atom. The minimum atomic E-state index is 0.273. The van der Waals surface area contributed by atoms with E-state index in [2.05, 4.69) is 13.8 Å². The fourth-order valence-electron chi connectivity index (χ4n) is 0.725. The molecule has 0 saturated carbocycles. The molecule has 0 N–H and O–H groups in total. The predicted octanol–water partition coefficient (Wildman–Crippen LogP) is 1.87. The van der Waals surface area contributed by atoms with Crippen molar-refractivity contribution in [2.24, 2.45) is 11.8 Å². The molecule has 0 unspecified atom stereocenters. The summed E-state index contributed by atoms with van der Waals surface area (Å²) < 4.78 is 0. The molecule has 0 fully saturated rings. The second-order valence-corrected chi connectivity index (χ2v) is 2.45. The lowest BCUT2D eigenvalue weighted by Crippen LogP contribution is -2.07. The number of rotatable bonds is 3. The highest BCUT2D eigenvalue weighted by atomic mass is 16.1. The summed E-state index contributed by atoms with van der Waals surface area (Å²) >= 11 is 0. The molecule has 0 radical (unpaired) electrons. The van der Waals surface area contributed by atoms with Gasteiger partial charge in [0.1, 0.15) is 6.29 Å². The van der Waals surface area contributed by atoms with Crippen LogP contribution in [0.1, 0.15) is 27.2 Å². The van der Waals surface area contributed by atoms with Crippen LogP contribution in [0.4, 0.5) is 0 Å². The van der Waals surface area contributed by atoms with Gasteiger partial charge >= 0.3 is 0 Å². The Morgan fingerprint density at radius 2 is 2.00 bits per heavy atom. The first-order valence-electron chi connectivity index (χ1n) is 3.17. The normalized spacial score (nSPS) is 14.0. The van der Waals surface area contributed by atoms with E-state index in [9.17, 15) is 4.79 Å².